The molecule has 2 aliphatic rings. The third kappa shape index (κ3) is 6.26. The van der Waals surface area contributed by atoms with Crippen molar-refractivity contribution in [2.75, 3.05) is 0 Å². The first-order valence-electron chi connectivity index (χ1n) is 16.8. The molecule has 0 aliphatic heterocycles. The van der Waals surface area contributed by atoms with Gasteiger partial charge in [0.25, 0.3) is 0 Å². The molecule has 0 amide bonds. The highest BCUT2D eigenvalue weighted by Crippen LogP contribution is 2.47. The fourth-order valence-corrected chi connectivity index (χ4v) is 8.08. The molecule has 2 saturated carbocycles. The van der Waals surface area contributed by atoms with Crippen LogP contribution in [0.15, 0.2) is 84.9 Å². The fraction of sp³-hybridized carbons (Fsp3) is 0.415. The van der Waals surface area contributed by atoms with E-state index in [4.69, 9.17) is 0 Å². The summed E-state index contributed by atoms with van der Waals surface area (Å²) in [5.41, 5.74) is 9.30. The Morgan fingerprint density at radius 2 is 0.884 bits per heavy atom. The standard InChI is InChI=1S/C41H48O2/c1-28(30-15-7-3-8-16-30)36-25-23-34(38(40(36)42)32-19-11-5-12-20-32)27-35-24-26-37(29(2)31-17-9-4-10-18-31)41(43)39(35)33-21-13-6-14-22-33/h3-4,7-10,15-18,23-26,28-29,32-33,42-43H,5-6,11-14,19-22,27H2,1-2H3. The van der Waals surface area contributed by atoms with E-state index in [0.717, 1.165) is 54.4 Å². The predicted octanol–water partition coefficient (Wildman–Crippen LogP) is 11.1. The Bertz CT molecular complexity index is 1380. The summed E-state index contributed by atoms with van der Waals surface area (Å²) in [4.78, 5) is 0. The van der Waals surface area contributed by atoms with Crippen molar-refractivity contribution in [2.45, 2.75) is 108 Å². The maximum absolute atomic E-state index is 12.0. The Balaban J connectivity index is 1.43. The first-order chi connectivity index (χ1) is 21.0. The van der Waals surface area contributed by atoms with Crippen LogP contribution in [-0.2, 0) is 6.42 Å². The lowest BCUT2D eigenvalue weighted by Gasteiger charge is -2.30. The van der Waals surface area contributed by atoms with Crippen molar-refractivity contribution in [3.63, 3.8) is 0 Å². The van der Waals surface area contributed by atoms with Crippen LogP contribution in [0.2, 0.25) is 0 Å². The summed E-state index contributed by atoms with van der Waals surface area (Å²) in [6.45, 7) is 4.42. The van der Waals surface area contributed by atoms with Crippen molar-refractivity contribution in [1.29, 1.82) is 0 Å². The van der Waals surface area contributed by atoms with Crippen LogP contribution < -0.4 is 0 Å². The average molecular weight is 573 g/mol. The zero-order chi connectivity index (χ0) is 29.8. The van der Waals surface area contributed by atoms with Gasteiger partial charge in [0.2, 0.25) is 0 Å². The highest BCUT2D eigenvalue weighted by molar-refractivity contribution is 5.56. The molecule has 2 unspecified atom stereocenters. The molecule has 2 nitrogen and oxygen atoms in total. The minimum absolute atomic E-state index is 0.123. The molecule has 0 saturated heterocycles. The molecule has 6 rings (SSSR count). The first kappa shape index (κ1) is 29.5. The van der Waals surface area contributed by atoms with E-state index < -0.39 is 0 Å². The summed E-state index contributed by atoms with van der Waals surface area (Å²) >= 11 is 0. The highest BCUT2D eigenvalue weighted by Gasteiger charge is 2.29. The quantitative estimate of drug-likeness (QED) is 0.220. The number of hydrogen-bond acceptors (Lipinski definition) is 2. The minimum Gasteiger partial charge on any atom is -0.507 e. The molecule has 0 spiro atoms. The molecule has 2 fully saturated rings. The summed E-state index contributed by atoms with van der Waals surface area (Å²) in [6.07, 6.45) is 12.8. The van der Waals surface area contributed by atoms with Gasteiger partial charge >= 0.3 is 0 Å². The summed E-state index contributed by atoms with van der Waals surface area (Å²) in [5, 5.41) is 24.0. The van der Waals surface area contributed by atoms with Gasteiger partial charge in [-0.05, 0) is 66.2 Å². The number of rotatable bonds is 8. The summed E-state index contributed by atoms with van der Waals surface area (Å²) in [7, 11) is 0. The van der Waals surface area contributed by atoms with Gasteiger partial charge in [0.1, 0.15) is 11.5 Å². The van der Waals surface area contributed by atoms with E-state index in [2.05, 4.69) is 98.8 Å². The lowest BCUT2D eigenvalue weighted by molar-refractivity contribution is 0.406. The summed E-state index contributed by atoms with van der Waals surface area (Å²) in [5.74, 6) is 2.01. The van der Waals surface area contributed by atoms with Crippen molar-refractivity contribution >= 4 is 0 Å². The van der Waals surface area contributed by atoms with Gasteiger partial charge in [0.15, 0.2) is 0 Å². The molecule has 224 valence electrons. The summed E-state index contributed by atoms with van der Waals surface area (Å²) in [6, 6.07) is 30.0. The van der Waals surface area contributed by atoms with E-state index in [1.54, 1.807) is 0 Å². The summed E-state index contributed by atoms with van der Waals surface area (Å²) < 4.78 is 0. The first-order valence-corrected chi connectivity index (χ1v) is 16.8. The number of aromatic hydroxyl groups is 2. The molecule has 2 heteroatoms. The van der Waals surface area contributed by atoms with E-state index in [1.165, 1.54) is 60.8 Å². The van der Waals surface area contributed by atoms with Crippen LogP contribution in [0.5, 0.6) is 11.5 Å². The second-order valence-electron chi connectivity index (χ2n) is 13.3. The number of benzene rings is 4. The molecule has 2 atom stereocenters. The average Bonchev–Trinajstić information content (AvgIpc) is 3.06. The third-order valence-corrected chi connectivity index (χ3v) is 10.6. The van der Waals surface area contributed by atoms with Gasteiger partial charge in [-0.1, -0.05) is 137 Å². The fourth-order valence-electron chi connectivity index (χ4n) is 8.08. The Labute approximate surface area is 258 Å². The van der Waals surface area contributed by atoms with E-state index in [0.29, 0.717) is 23.3 Å². The van der Waals surface area contributed by atoms with E-state index in [9.17, 15) is 10.2 Å². The van der Waals surface area contributed by atoms with Crippen molar-refractivity contribution in [3.05, 3.63) is 129 Å². The maximum atomic E-state index is 12.0. The number of phenols is 2. The van der Waals surface area contributed by atoms with Crippen molar-refractivity contribution in [2.24, 2.45) is 0 Å². The molecule has 2 aliphatic carbocycles. The van der Waals surface area contributed by atoms with Crippen LogP contribution in [-0.4, -0.2) is 10.2 Å². The Morgan fingerprint density at radius 3 is 1.26 bits per heavy atom. The van der Waals surface area contributed by atoms with Crippen LogP contribution in [0.25, 0.3) is 0 Å². The largest absolute Gasteiger partial charge is 0.507 e. The van der Waals surface area contributed by atoms with Crippen molar-refractivity contribution in [3.8, 4) is 11.5 Å². The Hall–Kier alpha value is -3.52. The molecule has 0 bridgehead atoms. The van der Waals surface area contributed by atoms with Gasteiger partial charge in [-0.3, -0.25) is 0 Å². The van der Waals surface area contributed by atoms with Gasteiger partial charge in [-0.25, -0.2) is 0 Å². The van der Waals surface area contributed by atoms with Crippen LogP contribution in [0.3, 0.4) is 0 Å². The lowest BCUT2D eigenvalue weighted by Crippen LogP contribution is -2.13. The zero-order valence-electron chi connectivity index (χ0n) is 26.1. The van der Waals surface area contributed by atoms with Crippen molar-refractivity contribution < 1.29 is 10.2 Å². The third-order valence-electron chi connectivity index (χ3n) is 10.6. The minimum atomic E-state index is 0.123. The molecule has 4 aromatic rings. The second-order valence-corrected chi connectivity index (χ2v) is 13.3. The second kappa shape index (κ2) is 13.4. The van der Waals surface area contributed by atoms with Gasteiger partial charge in [-0.2, -0.15) is 0 Å². The van der Waals surface area contributed by atoms with Gasteiger partial charge in [0.05, 0.1) is 0 Å². The van der Waals surface area contributed by atoms with Crippen LogP contribution in [0.4, 0.5) is 0 Å². The maximum Gasteiger partial charge on any atom is 0.123 e. The topological polar surface area (TPSA) is 40.5 Å². The van der Waals surface area contributed by atoms with E-state index in [-0.39, 0.29) is 11.8 Å². The van der Waals surface area contributed by atoms with Crippen molar-refractivity contribution in [1.82, 2.24) is 0 Å². The van der Waals surface area contributed by atoms with Crippen LogP contribution in [0.1, 0.15) is 146 Å². The monoisotopic (exact) mass is 572 g/mol. The van der Waals surface area contributed by atoms with E-state index >= 15 is 0 Å². The van der Waals surface area contributed by atoms with Gasteiger partial charge in [-0.15, -0.1) is 0 Å². The lowest BCUT2D eigenvalue weighted by atomic mass is 9.76. The van der Waals surface area contributed by atoms with Gasteiger partial charge < -0.3 is 10.2 Å². The number of phenolic OH excluding ortho intramolecular Hbond substituents is 2. The number of hydrogen-bond donors (Lipinski definition) is 2. The van der Waals surface area contributed by atoms with Gasteiger partial charge in [0, 0.05) is 34.1 Å². The molecule has 2 N–H and O–H groups in total. The smallest absolute Gasteiger partial charge is 0.123 e. The molecule has 0 heterocycles. The molecular formula is C41H48O2. The normalized spacial score (nSPS) is 17.9. The molecule has 4 aromatic carbocycles. The Kier molecular flexibility index (Phi) is 9.22. The molecule has 43 heavy (non-hydrogen) atoms. The van der Waals surface area contributed by atoms with E-state index in [1.807, 2.05) is 0 Å². The molecular weight excluding hydrogens is 524 g/mol. The molecule has 0 radical (unpaired) electrons. The SMILES string of the molecule is CC(c1ccccc1)c1ccc(Cc2ccc(C(C)c3ccccc3)c(O)c2C2CCCCC2)c(C2CCCCC2)c1O. The van der Waals surface area contributed by atoms with Crippen LogP contribution in [0, 0.1) is 0 Å². The highest BCUT2D eigenvalue weighted by atomic mass is 16.3. The predicted molar refractivity (Wildman–Crippen MR) is 179 cm³/mol. The molecule has 0 aromatic heterocycles. The zero-order valence-corrected chi connectivity index (χ0v) is 26.1. The van der Waals surface area contributed by atoms with Crippen LogP contribution >= 0.6 is 0 Å². The Morgan fingerprint density at radius 1 is 0.512 bits per heavy atom.